The Hall–Kier alpha value is -3.26. The van der Waals surface area contributed by atoms with E-state index in [0.29, 0.717) is 6.42 Å². The zero-order valence-electron chi connectivity index (χ0n) is 15.5. The van der Waals surface area contributed by atoms with Gasteiger partial charge in [0, 0.05) is 11.8 Å². The van der Waals surface area contributed by atoms with Gasteiger partial charge in [0.1, 0.15) is 11.2 Å². The Balaban J connectivity index is 1.71. The molecule has 1 N–H and O–H groups in total. The summed E-state index contributed by atoms with van der Waals surface area (Å²) < 4.78 is 1.76. The lowest BCUT2D eigenvalue weighted by molar-refractivity contribution is -0.130. The van der Waals surface area contributed by atoms with E-state index in [2.05, 4.69) is 15.5 Å². The maximum Gasteiger partial charge on any atom is 0.346 e. The van der Waals surface area contributed by atoms with Gasteiger partial charge in [0.25, 0.3) is 5.91 Å². The van der Waals surface area contributed by atoms with Gasteiger partial charge in [-0.1, -0.05) is 31.2 Å². The van der Waals surface area contributed by atoms with E-state index in [1.54, 1.807) is 22.9 Å². The van der Waals surface area contributed by atoms with Crippen LogP contribution in [-0.4, -0.2) is 38.5 Å². The van der Waals surface area contributed by atoms with Crippen LogP contribution in [0.15, 0.2) is 59.1 Å². The summed E-state index contributed by atoms with van der Waals surface area (Å²) in [5, 5.41) is 14.4. The average Bonchev–Trinajstić information content (AvgIpc) is 3.41. The van der Waals surface area contributed by atoms with Crippen LogP contribution in [0.3, 0.4) is 0 Å². The molecule has 4 rings (SSSR count). The Labute approximate surface area is 166 Å². The first-order chi connectivity index (χ1) is 13.5. The predicted molar refractivity (Wildman–Crippen MR) is 109 cm³/mol. The maximum atomic E-state index is 12.5. The largest absolute Gasteiger partial charge is 0.346 e. The topological polar surface area (TPSA) is 79.6 Å². The average molecular weight is 393 g/mol. The fourth-order valence-electron chi connectivity index (χ4n) is 2.93. The van der Waals surface area contributed by atoms with Gasteiger partial charge < -0.3 is 5.32 Å². The molecule has 1 atom stereocenters. The summed E-state index contributed by atoms with van der Waals surface area (Å²) in [7, 11) is 0. The van der Waals surface area contributed by atoms with Crippen molar-refractivity contribution in [3.63, 3.8) is 0 Å². The van der Waals surface area contributed by atoms with Gasteiger partial charge in [0.2, 0.25) is 0 Å². The highest BCUT2D eigenvalue weighted by Gasteiger charge is 2.46. The number of hydrazone groups is 1. The van der Waals surface area contributed by atoms with Crippen LogP contribution in [0.4, 0.5) is 4.79 Å². The third-order valence-corrected chi connectivity index (χ3v) is 5.65. The van der Waals surface area contributed by atoms with E-state index in [1.165, 1.54) is 6.21 Å². The molecule has 1 aliphatic rings. The van der Waals surface area contributed by atoms with E-state index >= 15 is 0 Å². The normalized spacial score (nSPS) is 19.6. The second kappa shape index (κ2) is 7.05. The number of para-hydroxylation sites is 1. The number of carbonyl (C=O) groups excluding carboxylic acids is 2. The number of carbonyl (C=O) groups is 2. The van der Waals surface area contributed by atoms with Gasteiger partial charge in [-0.25, -0.2) is 9.48 Å². The molecule has 0 radical (unpaired) electrons. The number of nitrogens with zero attached hydrogens (tertiary/aromatic N) is 4. The standard InChI is InChI=1S/C20H19N5O2S/c1-3-20(2)18(26)25(19(27)22-20)21-12-14-13-24(15-8-5-4-6-9-15)23-17(14)16-10-7-11-28-16/h4-13H,3H2,1-2H3,(H,22,27)/b21-12-/t20-/m1/s1. The second-order valence-corrected chi connectivity index (χ2v) is 7.62. The van der Waals surface area contributed by atoms with E-state index in [-0.39, 0.29) is 5.91 Å². The van der Waals surface area contributed by atoms with Crippen molar-refractivity contribution in [2.75, 3.05) is 0 Å². The third-order valence-electron chi connectivity index (χ3n) is 4.78. The molecule has 1 aromatic carbocycles. The molecule has 1 fully saturated rings. The van der Waals surface area contributed by atoms with Crippen LogP contribution in [-0.2, 0) is 4.79 Å². The zero-order valence-corrected chi connectivity index (χ0v) is 16.3. The lowest BCUT2D eigenvalue weighted by Gasteiger charge is -2.17. The number of amides is 3. The van der Waals surface area contributed by atoms with Crippen molar-refractivity contribution in [2.24, 2.45) is 5.10 Å². The quantitative estimate of drug-likeness (QED) is 0.531. The fraction of sp³-hybridized carbons (Fsp3) is 0.200. The lowest BCUT2D eigenvalue weighted by atomic mass is 10.00. The highest BCUT2D eigenvalue weighted by Crippen LogP contribution is 2.27. The maximum absolute atomic E-state index is 12.5. The minimum atomic E-state index is -0.917. The molecule has 8 heteroatoms. The van der Waals surface area contributed by atoms with Gasteiger partial charge in [0.05, 0.1) is 16.8 Å². The van der Waals surface area contributed by atoms with Gasteiger partial charge in [0.15, 0.2) is 0 Å². The summed E-state index contributed by atoms with van der Waals surface area (Å²) in [6, 6.07) is 13.1. The van der Waals surface area contributed by atoms with E-state index in [9.17, 15) is 9.59 Å². The van der Waals surface area contributed by atoms with Gasteiger partial charge in [-0.2, -0.15) is 10.2 Å². The van der Waals surface area contributed by atoms with Crippen LogP contribution in [0.5, 0.6) is 0 Å². The number of hydrogen-bond donors (Lipinski definition) is 1. The summed E-state index contributed by atoms with van der Waals surface area (Å²) >= 11 is 1.56. The molecule has 3 heterocycles. The summed E-state index contributed by atoms with van der Waals surface area (Å²) in [5.74, 6) is -0.357. The van der Waals surface area contributed by atoms with Crippen molar-refractivity contribution in [1.82, 2.24) is 20.1 Å². The molecular weight excluding hydrogens is 374 g/mol. The van der Waals surface area contributed by atoms with Crippen LogP contribution in [0.2, 0.25) is 0 Å². The SMILES string of the molecule is CC[C@@]1(C)NC(=O)N(/N=C\c2cn(-c3ccccc3)nc2-c2cccs2)C1=O. The number of hydrogen-bond acceptors (Lipinski definition) is 5. The Morgan fingerprint density at radius 2 is 2.00 bits per heavy atom. The number of rotatable bonds is 5. The molecule has 1 saturated heterocycles. The van der Waals surface area contributed by atoms with Crippen LogP contribution >= 0.6 is 11.3 Å². The van der Waals surface area contributed by atoms with E-state index in [1.807, 2.05) is 61.0 Å². The first-order valence-corrected chi connectivity index (χ1v) is 9.79. The summed E-state index contributed by atoms with van der Waals surface area (Å²) in [4.78, 5) is 25.7. The number of benzene rings is 1. The molecule has 28 heavy (non-hydrogen) atoms. The van der Waals surface area contributed by atoms with Crippen molar-refractivity contribution in [3.8, 4) is 16.3 Å². The van der Waals surface area contributed by atoms with Crippen LogP contribution in [0.25, 0.3) is 16.3 Å². The van der Waals surface area contributed by atoms with Gasteiger partial charge >= 0.3 is 6.03 Å². The van der Waals surface area contributed by atoms with Crippen LogP contribution in [0.1, 0.15) is 25.8 Å². The molecule has 142 valence electrons. The van der Waals surface area contributed by atoms with Gasteiger partial charge in [-0.3, -0.25) is 4.79 Å². The van der Waals surface area contributed by atoms with Crippen molar-refractivity contribution in [2.45, 2.75) is 25.8 Å². The molecule has 0 saturated carbocycles. The number of imide groups is 1. The monoisotopic (exact) mass is 393 g/mol. The molecule has 7 nitrogen and oxygen atoms in total. The summed E-state index contributed by atoms with van der Waals surface area (Å²) in [5.41, 5.74) is 1.46. The number of thiophene rings is 1. The number of aromatic nitrogens is 2. The zero-order chi connectivity index (χ0) is 19.7. The van der Waals surface area contributed by atoms with E-state index in [0.717, 1.165) is 26.8 Å². The van der Waals surface area contributed by atoms with Crippen molar-refractivity contribution < 1.29 is 9.59 Å². The van der Waals surface area contributed by atoms with Crippen molar-refractivity contribution >= 4 is 29.5 Å². The van der Waals surface area contributed by atoms with E-state index in [4.69, 9.17) is 0 Å². The first kappa shape index (κ1) is 18.1. The molecule has 0 aliphatic carbocycles. The minimum Gasteiger partial charge on any atom is -0.322 e. The Morgan fingerprint density at radius 3 is 2.64 bits per heavy atom. The van der Waals surface area contributed by atoms with Gasteiger partial charge in [-0.15, -0.1) is 16.3 Å². The molecular formula is C20H19N5O2S. The summed E-state index contributed by atoms with van der Waals surface area (Å²) in [6.45, 7) is 3.55. The van der Waals surface area contributed by atoms with E-state index < -0.39 is 11.6 Å². The molecule has 3 aromatic rings. The summed E-state index contributed by atoms with van der Waals surface area (Å²) in [6.07, 6.45) is 3.85. The molecule has 0 unspecified atom stereocenters. The van der Waals surface area contributed by atoms with Gasteiger partial charge in [-0.05, 0) is 36.9 Å². The highest BCUT2D eigenvalue weighted by atomic mass is 32.1. The Morgan fingerprint density at radius 1 is 1.21 bits per heavy atom. The third kappa shape index (κ3) is 3.11. The van der Waals surface area contributed by atoms with Crippen molar-refractivity contribution in [3.05, 3.63) is 59.6 Å². The smallest absolute Gasteiger partial charge is 0.322 e. The molecule has 2 aromatic heterocycles. The van der Waals surface area contributed by atoms with Crippen LogP contribution < -0.4 is 5.32 Å². The predicted octanol–water partition coefficient (Wildman–Crippen LogP) is 3.66. The Kier molecular flexibility index (Phi) is 4.56. The first-order valence-electron chi connectivity index (χ1n) is 8.91. The molecule has 0 bridgehead atoms. The minimum absolute atomic E-state index is 0.357. The molecule has 0 spiro atoms. The lowest BCUT2D eigenvalue weighted by Crippen LogP contribution is -2.42. The highest BCUT2D eigenvalue weighted by molar-refractivity contribution is 7.13. The van der Waals surface area contributed by atoms with Crippen molar-refractivity contribution in [1.29, 1.82) is 0 Å². The fourth-order valence-corrected chi connectivity index (χ4v) is 3.66. The molecule has 3 amide bonds. The number of nitrogens with one attached hydrogen (secondary N) is 1. The Bertz CT molecular complexity index is 1040. The second-order valence-electron chi connectivity index (χ2n) is 6.67. The van der Waals surface area contributed by atoms with Crippen LogP contribution in [0, 0.1) is 0 Å². The molecule has 1 aliphatic heterocycles. The number of urea groups is 1.